The molecular formula is C14H23NO4. The van der Waals surface area contributed by atoms with E-state index in [1.165, 1.54) is 0 Å². The lowest BCUT2D eigenvalue weighted by Crippen LogP contribution is -2.42. The van der Waals surface area contributed by atoms with E-state index in [0.29, 0.717) is 19.1 Å². The Bertz CT molecular complexity index is 378. The van der Waals surface area contributed by atoms with Gasteiger partial charge < -0.3 is 14.7 Å². The Kier molecular flexibility index (Phi) is 3.85. The molecule has 0 spiro atoms. The number of nitrogens with zero attached hydrogens (tertiary/aromatic N) is 1. The minimum atomic E-state index is -0.853. The molecule has 108 valence electrons. The summed E-state index contributed by atoms with van der Waals surface area (Å²) >= 11 is 0. The topological polar surface area (TPSA) is 66.8 Å². The number of carbonyl (C=O) groups excluding carboxylic acids is 1. The maximum atomic E-state index is 12.5. The van der Waals surface area contributed by atoms with Crippen LogP contribution in [0.2, 0.25) is 0 Å². The third-order valence-electron chi connectivity index (χ3n) is 4.59. The third-order valence-corrected chi connectivity index (χ3v) is 4.59. The number of likely N-dealkylation sites (tertiary alicyclic amines) is 1. The summed E-state index contributed by atoms with van der Waals surface area (Å²) in [6.07, 6.45) is 2.05. The van der Waals surface area contributed by atoms with E-state index < -0.39 is 17.3 Å². The van der Waals surface area contributed by atoms with Crippen LogP contribution in [0.15, 0.2) is 0 Å². The first kappa shape index (κ1) is 14.3. The molecule has 3 atom stereocenters. The molecule has 5 heteroatoms. The smallest absolute Gasteiger partial charge is 0.307 e. The van der Waals surface area contributed by atoms with Crippen LogP contribution in [0.1, 0.15) is 26.7 Å². The summed E-state index contributed by atoms with van der Waals surface area (Å²) in [5.74, 6) is -1.34. The van der Waals surface area contributed by atoms with Crippen molar-refractivity contribution in [3.63, 3.8) is 0 Å². The van der Waals surface area contributed by atoms with E-state index >= 15 is 0 Å². The molecule has 2 fully saturated rings. The first-order chi connectivity index (χ1) is 8.89. The summed E-state index contributed by atoms with van der Waals surface area (Å²) in [6.45, 7) is 5.85. The maximum absolute atomic E-state index is 12.5. The van der Waals surface area contributed by atoms with Crippen molar-refractivity contribution in [3.05, 3.63) is 0 Å². The molecule has 0 aromatic heterocycles. The number of carboxylic acid groups (broad SMARTS) is 1. The van der Waals surface area contributed by atoms with Gasteiger partial charge in [-0.3, -0.25) is 9.59 Å². The number of aliphatic carboxylic acids is 1. The van der Waals surface area contributed by atoms with Gasteiger partial charge in [0.2, 0.25) is 5.91 Å². The zero-order chi connectivity index (χ0) is 14.2. The maximum Gasteiger partial charge on any atom is 0.307 e. The van der Waals surface area contributed by atoms with E-state index in [9.17, 15) is 9.59 Å². The van der Waals surface area contributed by atoms with E-state index in [1.807, 2.05) is 18.7 Å². The zero-order valence-electron chi connectivity index (χ0n) is 11.9. The molecule has 1 saturated heterocycles. The Balaban J connectivity index is 1.99. The fraction of sp³-hybridized carbons (Fsp3) is 0.857. The Morgan fingerprint density at radius 2 is 2.05 bits per heavy atom. The number of hydrogen-bond donors (Lipinski definition) is 1. The van der Waals surface area contributed by atoms with Crippen LogP contribution in [0.25, 0.3) is 0 Å². The largest absolute Gasteiger partial charge is 0.481 e. The number of carbonyl (C=O) groups is 2. The summed E-state index contributed by atoms with van der Waals surface area (Å²) in [7, 11) is 1.67. The van der Waals surface area contributed by atoms with Gasteiger partial charge in [-0.05, 0) is 24.2 Å². The second-order valence-electron chi connectivity index (χ2n) is 6.36. The summed E-state index contributed by atoms with van der Waals surface area (Å²) in [5, 5.41) is 9.15. The molecule has 2 rings (SSSR count). The van der Waals surface area contributed by atoms with Crippen LogP contribution >= 0.6 is 0 Å². The average Bonchev–Trinajstić information content (AvgIpc) is 2.92. The number of methoxy groups -OCH3 is 1. The minimum absolute atomic E-state index is 0.0122. The van der Waals surface area contributed by atoms with E-state index in [-0.39, 0.29) is 11.8 Å². The van der Waals surface area contributed by atoms with E-state index in [2.05, 4.69) is 0 Å². The number of amides is 1. The third kappa shape index (κ3) is 2.61. The van der Waals surface area contributed by atoms with Crippen molar-refractivity contribution in [2.45, 2.75) is 26.7 Å². The van der Waals surface area contributed by atoms with Crippen LogP contribution in [0.4, 0.5) is 0 Å². The van der Waals surface area contributed by atoms with Crippen molar-refractivity contribution in [2.75, 3.05) is 26.8 Å². The monoisotopic (exact) mass is 269 g/mol. The lowest BCUT2D eigenvalue weighted by molar-refractivity contribution is -0.142. The van der Waals surface area contributed by atoms with Gasteiger partial charge in [-0.1, -0.05) is 13.8 Å². The predicted octanol–water partition coefficient (Wildman–Crippen LogP) is 1.23. The molecule has 1 N–H and O–H groups in total. The molecule has 1 aliphatic heterocycles. The van der Waals surface area contributed by atoms with Crippen molar-refractivity contribution in [3.8, 4) is 0 Å². The van der Waals surface area contributed by atoms with Crippen molar-refractivity contribution >= 4 is 11.9 Å². The average molecular weight is 269 g/mol. The molecule has 1 aliphatic carbocycles. The molecular weight excluding hydrogens is 246 g/mol. The van der Waals surface area contributed by atoms with Gasteiger partial charge in [0.05, 0.1) is 18.4 Å². The number of rotatable bonds is 4. The van der Waals surface area contributed by atoms with E-state index in [0.717, 1.165) is 19.4 Å². The lowest BCUT2D eigenvalue weighted by atomic mass is 9.98. The first-order valence-corrected chi connectivity index (χ1v) is 6.90. The molecule has 0 bridgehead atoms. The number of carboxylic acids is 1. The molecule has 2 aliphatic rings. The number of ether oxygens (including phenoxy) is 1. The lowest BCUT2D eigenvalue weighted by Gasteiger charge is -2.33. The van der Waals surface area contributed by atoms with Crippen molar-refractivity contribution in [1.82, 2.24) is 4.90 Å². The van der Waals surface area contributed by atoms with Gasteiger partial charge in [0, 0.05) is 20.2 Å². The molecule has 1 heterocycles. The van der Waals surface area contributed by atoms with E-state index in [1.54, 1.807) is 7.11 Å². The standard InChI is InChI=1S/C14H23NO4/c1-14(2)10(11(14)13(17)18)12(16)15-6-4-5-9(7-15)8-19-3/h9-11H,4-8H2,1-3H3,(H,17,18). The quantitative estimate of drug-likeness (QED) is 0.833. The van der Waals surface area contributed by atoms with E-state index in [4.69, 9.17) is 9.84 Å². The van der Waals surface area contributed by atoms with Gasteiger partial charge in [0.25, 0.3) is 0 Å². The normalized spacial score (nSPS) is 33.0. The van der Waals surface area contributed by atoms with Crippen LogP contribution in [-0.4, -0.2) is 48.7 Å². The number of hydrogen-bond acceptors (Lipinski definition) is 3. The molecule has 3 unspecified atom stereocenters. The van der Waals surface area contributed by atoms with Gasteiger partial charge in [-0.2, -0.15) is 0 Å². The SMILES string of the molecule is COCC1CCCN(C(=O)C2C(C(=O)O)C2(C)C)C1. The van der Waals surface area contributed by atoms with Crippen molar-refractivity contribution in [1.29, 1.82) is 0 Å². The molecule has 5 nitrogen and oxygen atoms in total. The van der Waals surface area contributed by atoms with Crippen LogP contribution in [0.3, 0.4) is 0 Å². The van der Waals surface area contributed by atoms with Crippen LogP contribution < -0.4 is 0 Å². The zero-order valence-corrected chi connectivity index (χ0v) is 11.9. The van der Waals surface area contributed by atoms with Gasteiger partial charge in [0.15, 0.2) is 0 Å². The highest BCUT2D eigenvalue weighted by Crippen LogP contribution is 2.59. The molecule has 19 heavy (non-hydrogen) atoms. The van der Waals surface area contributed by atoms with Crippen molar-refractivity contribution in [2.24, 2.45) is 23.2 Å². The van der Waals surface area contributed by atoms with Gasteiger partial charge >= 0.3 is 5.97 Å². The molecule has 0 aromatic rings. The fourth-order valence-electron chi connectivity index (χ4n) is 3.39. The van der Waals surface area contributed by atoms with Crippen molar-refractivity contribution < 1.29 is 19.4 Å². The highest BCUT2D eigenvalue weighted by Gasteiger charge is 2.66. The Labute approximate surface area is 113 Å². The second kappa shape index (κ2) is 5.12. The Hall–Kier alpha value is -1.10. The molecule has 1 saturated carbocycles. The highest BCUT2D eigenvalue weighted by molar-refractivity contribution is 5.91. The Morgan fingerprint density at radius 1 is 1.37 bits per heavy atom. The Morgan fingerprint density at radius 3 is 2.58 bits per heavy atom. The fourth-order valence-corrected chi connectivity index (χ4v) is 3.39. The molecule has 1 amide bonds. The number of piperidine rings is 1. The molecule has 0 radical (unpaired) electrons. The van der Waals surface area contributed by atoms with Gasteiger partial charge in [0.1, 0.15) is 0 Å². The summed E-state index contributed by atoms with van der Waals surface area (Å²) in [5.41, 5.74) is -0.406. The van der Waals surface area contributed by atoms with Crippen LogP contribution in [-0.2, 0) is 14.3 Å². The second-order valence-corrected chi connectivity index (χ2v) is 6.36. The first-order valence-electron chi connectivity index (χ1n) is 6.90. The summed E-state index contributed by atoms with van der Waals surface area (Å²) in [4.78, 5) is 25.4. The van der Waals surface area contributed by atoms with Gasteiger partial charge in [-0.15, -0.1) is 0 Å². The van der Waals surface area contributed by atoms with Crippen LogP contribution in [0.5, 0.6) is 0 Å². The predicted molar refractivity (Wildman–Crippen MR) is 69.6 cm³/mol. The van der Waals surface area contributed by atoms with Crippen LogP contribution in [0, 0.1) is 23.2 Å². The minimum Gasteiger partial charge on any atom is -0.481 e. The van der Waals surface area contributed by atoms with Gasteiger partial charge in [-0.25, -0.2) is 0 Å². The highest BCUT2D eigenvalue weighted by atomic mass is 16.5. The molecule has 0 aromatic carbocycles. The summed E-state index contributed by atoms with van der Waals surface area (Å²) in [6, 6.07) is 0. The summed E-state index contributed by atoms with van der Waals surface area (Å²) < 4.78 is 5.15.